The fraction of sp³-hybridized carbons (Fsp3) is 0. The molecule has 12 rings (SSSR count). The Morgan fingerprint density at radius 2 is 0.914 bits per heavy atom. The number of hydrogen-bond acceptors (Lipinski definition) is 5. The zero-order valence-electron chi connectivity index (χ0n) is 31.1. The summed E-state index contributed by atoms with van der Waals surface area (Å²) in [6.07, 6.45) is 0. The molecule has 58 heavy (non-hydrogen) atoms. The van der Waals surface area contributed by atoms with E-state index < -0.39 is 0 Å². The van der Waals surface area contributed by atoms with Crippen molar-refractivity contribution >= 4 is 65.4 Å². The van der Waals surface area contributed by atoms with Crippen molar-refractivity contribution in [3.63, 3.8) is 0 Å². The van der Waals surface area contributed by atoms with Crippen molar-refractivity contribution in [2.45, 2.75) is 0 Å². The Kier molecular flexibility index (Phi) is 7.16. The molecular weight excluding hydrogens is 711 g/mol. The average molecular weight is 742 g/mol. The fourth-order valence-corrected chi connectivity index (χ4v) is 8.58. The van der Waals surface area contributed by atoms with Crippen molar-refractivity contribution < 1.29 is 8.83 Å². The smallest absolute Gasteiger partial charge is 0.167 e. The van der Waals surface area contributed by atoms with Gasteiger partial charge in [-0.05, 0) is 86.3 Å². The van der Waals surface area contributed by atoms with Gasteiger partial charge in [0.2, 0.25) is 0 Å². The van der Waals surface area contributed by atoms with Crippen LogP contribution >= 0.6 is 0 Å². The van der Waals surface area contributed by atoms with Gasteiger partial charge < -0.3 is 8.83 Å². The van der Waals surface area contributed by atoms with Crippen LogP contribution in [0.3, 0.4) is 0 Å². The number of furan rings is 2. The molecule has 0 saturated heterocycles. The van der Waals surface area contributed by atoms with Crippen LogP contribution in [0.25, 0.3) is 122 Å². The number of rotatable bonds is 5. The van der Waals surface area contributed by atoms with Crippen LogP contribution in [0.4, 0.5) is 0 Å². The summed E-state index contributed by atoms with van der Waals surface area (Å²) in [5.74, 6) is 1.74. The first-order valence-corrected chi connectivity index (χ1v) is 19.4. The highest BCUT2D eigenvalue weighted by molar-refractivity contribution is 6.17. The number of para-hydroxylation sites is 2. The van der Waals surface area contributed by atoms with E-state index in [4.69, 9.17) is 23.8 Å². The monoisotopic (exact) mass is 741 g/mol. The molecule has 0 N–H and O–H groups in total. The molecule has 0 saturated carbocycles. The average Bonchev–Trinajstić information content (AvgIpc) is 3.87. The molecule has 12 aromatic rings. The Labute approximate surface area is 332 Å². The molecule has 0 atom stereocenters. The first-order valence-electron chi connectivity index (χ1n) is 19.4. The van der Waals surface area contributed by atoms with Gasteiger partial charge in [0.25, 0.3) is 0 Å². The SMILES string of the molecule is c1ccc(-c2nc(-c3ccc(-c4cccc5oc6cc(-c7ccc8ccccc8c7)ccc6c45)c4ccccc34)nc(-c3cccc4c3oc3ccccc34)n2)cc1. The summed E-state index contributed by atoms with van der Waals surface area (Å²) in [5.41, 5.74) is 10.4. The largest absolute Gasteiger partial charge is 0.456 e. The highest BCUT2D eigenvalue weighted by Crippen LogP contribution is 2.43. The third-order valence-electron chi connectivity index (χ3n) is 11.3. The molecule has 9 aromatic carbocycles. The van der Waals surface area contributed by atoms with Gasteiger partial charge in [-0.25, -0.2) is 15.0 Å². The number of fused-ring (bicyclic) bond motifs is 8. The molecule has 0 aliphatic heterocycles. The van der Waals surface area contributed by atoms with E-state index in [1.54, 1.807) is 0 Å². The molecule has 5 heteroatoms. The molecule has 3 heterocycles. The predicted octanol–water partition coefficient (Wildman–Crippen LogP) is 14.3. The molecule has 3 aromatic heterocycles. The molecular formula is C53H31N3O2. The molecule has 0 fully saturated rings. The second-order valence-electron chi connectivity index (χ2n) is 14.7. The minimum atomic E-state index is 0.555. The van der Waals surface area contributed by atoms with Crippen LogP contribution < -0.4 is 0 Å². The van der Waals surface area contributed by atoms with Crippen molar-refractivity contribution in [1.29, 1.82) is 0 Å². The molecule has 0 amide bonds. The van der Waals surface area contributed by atoms with Crippen molar-refractivity contribution in [2.75, 3.05) is 0 Å². The van der Waals surface area contributed by atoms with Gasteiger partial charge >= 0.3 is 0 Å². The van der Waals surface area contributed by atoms with E-state index in [2.05, 4.69) is 127 Å². The highest BCUT2D eigenvalue weighted by Gasteiger charge is 2.21. The molecule has 0 unspecified atom stereocenters. The van der Waals surface area contributed by atoms with Crippen molar-refractivity contribution in [3.05, 3.63) is 188 Å². The maximum atomic E-state index is 6.59. The molecule has 0 bridgehead atoms. The van der Waals surface area contributed by atoms with E-state index in [9.17, 15) is 0 Å². The summed E-state index contributed by atoms with van der Waals surface area (Å²) in [6, 6.07) is 65.2. The zero-order chi connectivity index (χ0) is 38.2. The van der Waals surface area contributed by atoms with Gasteiger partial charge in [0.05, 0.1) is 5.56 Å². The van der Waals surface area contributed by atoms with Crippen LogP contribution in [-0.4, -0.2) is 15.0 Å². The summed E-state index contributed by atoms with van der Waals surface area (Å²) >= 11 is 0. The summed E-state index contributed by atoms with van der Waals surface area (Å²) < 4.78 is 13.1. The first-order chi connectivity index (χ1) is 28.7. The van der Waals surface area contributed by atoms with Crippen LogP contribution in [-0.2, 0) is 0 Å². The summed E-state index contributed by atoms with van der Waals surface area (Å²) in [4.78, 5) is 15.4. The van der Waals surface area contributed by atoms with Crippen molar-refractivity contribution in [3.8, 4) is 56.4 Å². The number of benzene rings is 9. The molecule has 0 spiro atoms. The van der Waals surface area contributed by atoms with Gasteiger partial charge in [-0.3, -0.25) is 0 Å². The Morgan fingerprint density at radius 1 is 0.293 bits per heavy atom. The van der Waals surface area contributed by atoms with Gasteiger partial charge in [-0.2, -0.15) is 0 Å². The van der Waals surface area contributed by atoms with Crippen LogP contribution in [0, 0.1) is 0 Å². The molecule has 5 nitrogen and oxygen atoms in total. The molecule has 0 radical (unpaired) electrons. The first kappa shape index (κ1) is 32.4. The second kappa shape index (κ2) is 12.8. The summed E-state index contributed by atoms with van der Waals surface area (Å²) in [6.45, 7) is 0. The summed E-state index contributed by atoms with van der Waals surface area (Å²) in [5, 5.41) is 8.84. The lowest BCUT2D eigenvalue weighted by Gasteiger charge is -2.14. The fourth-order valence-electron chi connectivity index (χ4n) is 8.58. The minimum absolute atomic E-state index is 0.555. The van der Waals surface area contributed by atoms with E-state index in [1.165, 1.54) is 10.8 Å². The van der Waals surface area contributed by atoms with Crippen LogP contribution in [0.1, 0.15) is 0 Å². The van der Waals surface area contributed by atoms with Crippen molar-refractivity contribution in [1.82, 2.24) is 15.0 Å². The van der Waals surface area contributed by atoms with Gasteiger partial charge in [0.15, 0.2) is 17.5 Å². The number of hydrogen-bond donors (Lipinski definition) is 0. The quantitative estimate of drug-likeness (QED) is 0.176. The Morgan fingerprint density at radius 3 is 1.79 bits per heavy atom. The standard InChI is InChI=1S/C53H31N3O2/c1-2-13-33(14-3-1)51-54-52(56-53(55-51)45-21-10-20-42-40-18-8-9-22-46(40)58-50(42)45)43-29-28-39(37-16-6-7-17-38(37)43)41-19-11-23-47-49(41)44-27-26-36(31-48(44)57-47)35-25-24-32-12-4-5-15-34(32)30-35/h1-31H. The highest BCUT2D eigenvalue weighted by atomic mass is 16.3. The Balaban J connectivity index is 1.03. The maximum Gasteiger partial charge on any atom is 0.167 e. The lowest BCUT2D eigenvalue weighted by Crippen LogP contribution is -2.01. The van der Waals surface area contributed by atoms with Gasteiger partial charge in [-0.15, -0.1) is 0 Å². The van der Waals surface area contributed by atoms with Crippen molar-refractivity contribution in [2.24, 2.45) is 0 Å². The topological polar surface area (TPSA) is 65.0 Å². The normalized spacial score (nSPS) is 11.8. The van der Waals surface area contributed by atoms with Crippen LogP contribution in [0.15, 0.2) is 197 Å². The van der Waals surface area contributed by atoms with E-state index >= 15 is 0 Å². The third-order valence-corrected chi connectivity index (χ3v) is 11.3. The Bertz CT molecular complexity index is 3580. The second-order valence-corrected chi connectivity index (χ2v) is 14.7. The zero-order valence-corrected chi connectivity index (χ0v) is 31.1. The molecule has 0 aliphatic carbocycles. The predicted molar refractivity (Wildman–Crippen MR) is 237 cm³/mol. The van der Waals surface area contributed by atoms with E-state index in [1.807, 2.05) is 60.7 Å². The van der Waals surface area contributed by atoms with Gasteiger partial charge in [0, 0.05) is 32.7 Å². The third kappa shape index (κ3) is 5.14. The lowest BCUT2D eigenvalue weighted by molar-refractivity contribution is 0.669. The molecule has 0 aliphatic rings. The van der Waals surface area contributed by atoms with Crippen LogP contribution in [0.2, 0.25) is 0 Å². The molecule has 270 valence electrons. The number of aromatic nitrogens is 3. The number of nitrogens with zero attached hydrogens (tertiary/aromatic N) is 3. The lowest BCUT2D eigenvalue weighted by atomic mass is 9.92. The van der Waals surface area contributed by atoms with E-state index in [0.717, 1.165) is 93.6 Å². The Hall–Kier alpha value is -7.89. The van der Waals surface area contributed by atoms with Gasteiger partial charge in [-0.1, -0.05) is 146 Å². The van der Waals surface area contributed by atoms with E-state index in [-0.39, 0.29) is 0 Å². The van der Waals surface area contributed by atoms with Crippen LogP contribution in [0.5, 0.6) is 0 Å². The minimum Gasteiger partial charge on any atom is -0.456 e. The van der Waals surface area contributed by atoms with E-state index in [0.29, 0.717) is 17.5 Å². The summed E-state index contributed by atoms with van der Waals surface area (Å²) in [7, 11) is 0. The maximum absolute atomic E-state index is 6.59. The van der Waals surface area contributed by atoms with Gasteiger partial charge in [0.1, 0.15) is 22.3 Å².